The average molecular weight is 478 g/mol. The fourth-order valence-electron chi connectivity index (χ4n) is 4.26. The Morgan fingerprint density at radius 3 is 2.74 bits per heavy atom. The molecule has 0 radical (unpaired) electrons. The number of halogens is 2. The van der Waals surface area contributed by atoms with Crippen molar-refractivity contribution in [3.63, 3.8) is 0 Å². The van der Waals surface area contributed by atoms with Crippen molar-refractivity contribution in [2.24, 2.45) is 0 Å². The highest BCUT2D eigenvalue weighted by Gasteiger charge is 2.22. The van der Waals surface area contributed by atoms with E-state index >= 15 is 0 Å². The summed E-state index contributed by atoms with van der Waals surface area (Å²) < 4.78 is 14.4. The molecule has 6 heteroatoms. The molecule has 5 rings (SSSR count). The Bertz CT molecular complexity index is 1310. The van der Waals surface area contributed by atoms with E-state index in [0.29, 0.717) is 23.1 Å². The van der Waals surface area contributed by atoms with E-state index in [2.05, 4.69) is 56.2 Å². The minimum atomic E-state index is -0.409. The Morgan fingerprint density at radius 2 is 1.87 bits per heavy atom. The maximum Gasteiger partial charge on any atom is 0.255 e. The summed E-state index contributed by atoms with van der Waals surface area (Å²) in [5.41, 5.74) is 6.91. The Hall–Kier alpha value is -2.99. The molecule has 2 heterocycles. The van der Waals surface area contributed by atoms with E-state index in [0.717, 1.165) is 46.4 Å². The van der Waals surface area contributed by atoms with Crippen LogP contribution >= 0.6 is 15.9 Å². The monoisotopic (exact) mass is 477 g/mol. The van der Waals surface area contributed by atoms with Crippen LogP contribution in [0, 0.1) is 12.7 Å². The fraction of sp³-hybridized carbons (Fsp3) is 0.200. The number of fused-ring (bicyclic) bond motifs is 2. The molecule has 1 aromatic heterocycles. The van der Waals surface area contributed by atoms with Gasteiger partial charge >= 0.3 is 0 Å². The molecule has 0 fully saturated rings. The van der Waals surface area contributed by atoms with Crippen LogP contribution in [0.25, 0.3) is 22.2 Å². The normalized spacial score (nSPS) is 13.8. The summed E-state index contributed by atoms with van der Waals surface area (Å²) in [6, 6.07) is 16.9. The third-order valence-corrected chi connectivity index (χ3v) is 6.51. The molecule has 3 aromatic carbocycles. The molecule has 1 aliphatic rings. The Morgan fingerprint density at radius 1 is 1.06 bits per heavy atom. The minimum absolute atomic E-state index is 0.155. The number of nitrogens with one attached hydrogen (secondary N) is 1. The number of imidazole rings is 1. The van der Waals surface area contributed by atoms with Crippen molar-refractivity contribution in [3.05, 3.63) is 87.4 Å². The van der Waals surface area contributed by atoms with Gasteiger partial charge in [0.25, 0.3) is 5.91 Å². The summed E-state index contributed by atoms with van der Waals surface area (Å²) in [6.07, 6.45) is 1.80. The number of aryl methyl sites for hydroxylation is 2. The van der Waals surface area contributed by atoms with Crippen molar-refractivity contribution in [3.8, 4) is 11.1 Å². The van der Waals surface area contributed by atoms with Crippen molar-refractivity contribution in [2.75, 3.05) is 6.54 Å². The molecule has 0 saturated carbocycles. The third-order valence-electron chi connectivity index (χ3n) is 5.82. The van der Waals surface area contributed by atoms with Gasteiger partial charge in [-0.2, -0.15) is 0 Å². The van der Waals surface area contributed by atoms with E-state index in [1.54, 1.807) is 6.07 Å². The summed E-state index contributed by atoms with van der Waals surface area (Å²) in [6.45, 7) is 3.10. The van der Waals surface area contributed by atoms with E-state index in [1.807, 2.05) is 17.9 Å². The SMILES string of the molecule is Cc1nc2cc(-c3ccc4c(c3)CN(C(=O)c3cc(F)ccc3Br)CCC4)ccc2[nH]1. The van der Waals surface area contributed by atoms with Gasteiger partial charge in [-0.3, -0.25) is 4.79 Å². The molecular formula is C25H21BrFN3O. The first-order chi connectivity index (χ1) is 15.0. The second-order valence-electron chi connectivity index (χ2n) is 7.99. The van der Waals surface area contributed by atoms with Crippen molar-refractivity contribution in [2.45, 2.75) is 26.3 Å². The number of carbonyl (C=O) groups excluding carboxylic acids is 1. The zero-order valence-electron chi connectivity index (χ0n) is 17.1. The summed E-state index contributed by atoms with van der Waals surface area (Å²) in [7, 11) is 0. The molecule has 1 amide bonds. The first kappa shape index (κ1) is 19.9. The lowest BCUT2D eigenvalue weighted by molar-refractivity contribution is 0.0744. The predicted octanol–water partition coefficient (Wildman–Crippen LogP) is 6.03. The topological polar surface area (TPSA) is 49.0 Å². The lowest BCUT2D eigenvalue weighted by atomic mass is 9.97. The lowest BCUT2D eigenvalue weighted by Crippen LogP contribution is -2.31. The van der Waals surface area contributed by atoms with Crippen molar-refractivity contribution in [1.29, 1.82) is 0 Å². The van der Waals surface area contributed by atoms with E-state index in [9.17, 15) is 9.18 Å². The number of benzene rings is 3. The van der Waals surface area contributed by atoms with Gasteiger partial charge in [-0.15, -0.1) is 0 Å². The number of carbonyl (C=O) groups is 1. The van der Waals surface area contributed by atoms with Crippen LogP contribution in [-0.2, 0) is 13.0 Å². The maximum atomic E-state index is 13.7. The highest BCUT2D eigenvalue weighted by Crippen LogP contribution is 2.29. The van der Waals surface area contributed by atoms with Gasteiger partial charge in [0.1, 0.15) is 11.6 Å². The van der Waals surface area contributed by atoms with Gasteiger partial charge in [0, 0.05) is 17.6 Å². The van der Waals surface area contributed by atoms with Crippen LogP contribution in [-0.4, -0.2) is 27.3 Å². The van der Waals surface area contributed by atoms with Crippen molar-refractivity contribution in [1.82, 2.24) is 14.9 Å². The molecule has 0 atom stereocenters. The molecule has 31 heavy (non-hydrogen) atoms. The summed E-state index contributed by atoms with van der Waals surface area (Å²) in [5.74, 6) is 0.331. The van der Waals surface area contributed by atoms with Crippen LogP contribution in [0.2, 0.25) is 0 Å². The van der Waals surface area contributed by atoms with E-state index in [4.69, 9.17) is 0 Å². The quantitative estimate of drug-likeness (QED) is 0.383. The maximum absolute atomic E-state index is 13.7. The third kappa shape index (κ3) is 3.88. The van der Waals surface area contributed by atoms with Crippen molar-refractivity contribution >= 4 is 32.9 Å². The molecule has 4 aromatic rings. The molecule has 0 spiro atoms. The Labute approximate surface area is 188 Å². The number of hydrogen-bond acceptors (Lipinski definition) is 2. The van der Waals surface area contributed by atoms with Gasteiger partial charge < -0.3 is 9.88 Å². The highest BCUT2D eigenvalue weighted by atomic mass is 79.9. The number of nitrogens with zero attached hydrogens (tertiary/aromatic N) is 2. The molecule has 0 saturated heterocycles. The zero-order valence-corrected chi connectivity index (χ0v) is 18.7. The number of rotatable bonds is 2. The van der Waals surface area contributed by atoms with Crippen molar-refractivity contribution < 1.29 is 9.18 Å². The number of hydrogen-bond donors (Lipinski definition) is 1. The minimum Gasteiger partial charge on any atom is -0.342 e. The first-order valence-electron chi connectivity index (χ1n) is 10.3. The van der Waals surface area contributed by atoms with E-state index in [-0.39, 0.29) is 5.91 Å². The van der Waals surface area contributed by atoms with Gasteiger partial charge in [0.15, 0.2) is 0 Å². The van der Waals surface area contributed by atoms with Gasteiger partial charge in [0.05, 0.1) is 16.6 Å². The van der Waals surface area contributed by atoms with Gasteiger partial charge in [-0.1, -0.05) is 18.2 Å². The van der Waals surface area contributed by atoms with E-state index in [1.165, 1.54) is 17.7 Å². The van der Waals surface area contributed by atoms with Crippen LogP contribution in [0.3, 0.4) is 0 Å². The molecule has 0 bridgehead atoms. The number of aromatic amines is 1. The molecule has 156 valence electrons. The first-order valence-corrected chi connectivity index (χ1v) is 11.1. The van der Waals surface area contributed by atoms with Gasteiger partial charge in [-0.25, -0.2) is 9.37 Å². The van der Waals surface area contributed by atoms with Gasteiger partial charge in [-0.05, 0) is 94.3 Å². The molecule has 0 aliphatic carbocycles. The zero-order chi connectivity index (χ0) is 21.5. The average Bonchev–Trinajstić information content (AvgIpc) is 3.00. The highest BCUT2D eigenvalue weighted by molar-refractivity contribution is 9.10. The Kier molecular flexibility index (Phi) is 5.10. The number of H-pyrrole nitrogens is 1. The van der Waals surface area contributed by atoms with Gasteiger partial charge in [0.2, 0.25) is 0 Å². The summed E-state index contributed by atoms with van der Waals surface area (Å²) in [5, 5.41) is 0. The molecule has 1 N–H and O–H groups in total. The number of aromatic nitrogens is 2. The largest absolute Gasteiger partial charge is 0.342 e. The lowest BCUT2D eigenvalue weighted by Gasteiger charge is -2.22. The number of amides is 1. The van der Waals surface area contributed by atoms with Crippen LogP contribution in [0.5, 0.6) is 0 Å². The second kappa shape index (κ2) is 7.93. The van der Waals surface area contributed by atoms with Crippen LogP contribution < -0.4 is 0 Å². The molecule has 1 aliphatic heterocycles. The van der Waals surface area contributed by atoms with E-state index < -0.39 is 5.82 Å². The predicted molar refractivity (Wildman–Crippen MR) is 123 cm³/mol. The fourth-order valence-corrected chi connectivity index (χ4v) is 4.68. The second-order valence-corrected chi connectivity index (χ2v) is 8.85. The Balaban J connectivity index is 1.48. The molecular weight excluding hydrogens is 457 g/mol. The summed E-state index contributed by atoms with van der Waals surface area (Å²) >= 11 is 3.39. The molecule has 0 unspecified atom stereocenters. The molecule has 4 nitrogen and oxygen atoms in total. The smallest absolute Gasteiger partial charge is 0.255 e. The van der Waals surface area contributed by atoms with Crippen LogP contribution in [0.1, 0.15) is 33.7 Å². The van der Waals surface area contributed by atoms with Crippen LogP contribution in [0.15, 0.2) is 59.1 Å². The van der Waals surface area contributed by atoms with Crippen LogP contribution in [0.4, 0.5) is 4.39 Å². The summed E-state index contributed by atoms with van der Waals surface area (Å²) in [4.78, 5) is 22.8. The standard InChI is InChI=1S/C25H21BrFN3O/c1-15-28-23-9-6-18(12-24(23)29-15)17-5-4-16-3-2-10-30(14-19(16)11-17)25(31)21-13-20(27)7-8-22(21)26/h4-9,11-13H,2-3,10,14H2,1H3,(H,28,29).